The van der Waals surface area contributed by atoms with Crippen molar-refractivity contribution in [3.05, 3.63) is 29.6 Å². The van der Waals surface area contributed by atoms with Crippen molar-refractivity contribution in [3.63, 3.8) is 0 Å². The quantitative estimate of drug-likeness (QED) is 0.568. The highest BCUT2D eigenvalue weighted by Crippen LogP contribution is 2.20. The highest BCUT2D eigenvalue weighted by atomic mass is 19.1. The Morgan fingerprint density at radius 1 is 1.47 bits per heavy atom. The number of amides is 1. The molecule has 19 heavy (non-hydrogen) atoms. The minimum Gasteiger partial charge on any atom is -0.480 e. The molecular formula is C13H16FNO4. The lowest BCUT2D eigenvalue weighted by Crippen LogP contribution is -2.30. The Bertz CT molecular complexity index is 437. The summed E-state index contributed by atoms with van der Waals surface area (Å²) in [5.74, 6) is -1.25. The maximum Gasteiger partial charge on any atom is 0.257 e. The second-order valence-corrected chi connectivity index (χ2v) is 3.76. The fourth-order valence-corrected chi connectivity index (χ4v) is 1.40. The molecule has 104 valence electrons. The lowest BCUT2D eigenvalue weighted by molar-refractivity contribution is -0.123. The van der Waals surface area contributed by atoms with Crippen LogP contribution in [0.2, 0.25) is 0 Å². The topological polar surface area (TPSA) is 64.6 Å². The van der Waals surface area contributed by atoms with Gasteiger partial charge >= 0.3 is 0 Å². The van der Waals surface area contributed by atoms with Gasteiger partial charge in [-0.1, -0.05) is 6.07 Å². The summed E-state index contributed by atoms with van der Waals surface area (Å²) in [5.41, 5.74) is 0.0761. The maximum atomic E-state index is 13.4. The van der Waals surface area contributed by atoms with Gasteiger partial charge in [0.25, 0.3) is 5.91 Å². The van der Waals surface area contributed by atoms with Gasteiger partial charge in [-0.2, -0.15) is 0 Å². The zero-order chi connectivity index (χ0) is 14.1. The van der Waals surface area contributed by atoms with E-state index in [1.54, 1.807) is 7.11 Å². The van der Waals surface area contributed by atoms with Crippen LogP contribution in [0.4, 0.5) is 4.39 Å². The first-order valence-corrected chi connectivity index (χ1v) is 5.81. The van der Waals surface area contributed by atoms with E-state index in [4.69, 9.17) is 9.47 Å². The number of rotatable bonds is 8. The lowest BCUT2D eigenvalue weighted by atomic mass is 10.2. The van der Waals surface area contributed by atoms with E-state index < -0.39 is 5.82 Å². The van der Waals surface area contributed by atoms with Gasteiger partial charge in [-0.15, -0.1) is 0 Å². The van der Waals surface area contributed by atoms with Crippen molar-refractivity contribution in [3.8, 4) is 5.75 Å². The Morgan fingerprint density at radius 2 is 2.26 bits per heavy atom. The van der Waals surface area contributed by atoms with E-state index in [0.29, 0.717) is 25.9 Å². The number of ether oxygens (including phenoxy) is 2. The molecule has 0 atom stereocenters. The summed E-state index contributed by atoms with van der Waals surface area (Å²) in [6.07, 6.45) is 1.16. The van der Waals surface area contributed by atoms with Gasteiger partial charge < -0.3 is 14.8 Å². The number of para-hydroxylation sites is 1. The Morgan fingerprint density at radius 3 is 2.95 bits per heavy atom. The molecule has 0 unspecified atom stereocenters. The molecule has 0 saturated carbocycles. The summed E-state index contributed by atoms with van der Waals surface area (Å²) in [5, 5.41) is 2.59. The van der Waals surface area contributed by atoms with Gasteiger partial charge in [-0.05, 0) is 18.6 Å². The summed E-state index contributed by atoms with van der Waals surface area (Å²) in [4.78, 5) is 22.1. The third kappa shape index (κ3) is 5.05. The van der Waals surface area contributed by atoms with Gasteiger partial charge in [-0.25, -0.2) is 4.39 Å². The van der Waals surface area contributed by atoms with Crippen molar-refractivity contribution in [2.24, 2.45) is 0 Å². The van der Waals surface area contributed by atoms with Gasteiger partial charge in [0.2, 0.25) is 0 Å². The number of carbonyl (C=O) groups is 2. The van der Waals surface area contributed by atoms with Crippen LogP contribution >= 0.6 is 0 Å². The van der Waals surface area contributed by atoms with E-state index in [-0.39, 0.29) is 23.8 Å². The van der Waals surface area contributed by atoms with Crippen LogP contribution in [0.5, 0.6) is 5.75 Å². The maximum absolute atomic E-state index is 13.4. The first-order chi connectivity index (χ1) is 9.19. The largest absolute Gasteiger partial charge is 0.480 e. The second kappa shape index (κ2) is 8.20. The van der Waals surface area contributed by atoms with Crippen LogP contribution in [-0.4, -0.2) is 39.1 Å². The van der Waals surface area contributed by atoms with Crippen molar-refractivity contribution < 1.29 is 23.5 Å². The zero-order valence-electron chi connectivity index (χ0n) is 10.6. The molecule has 6 heteroatoms. The molecule has 1 N–H and O–H groups in total. The Labute approximate surface area is 110 Å². The van der Waals surface area contributed by atoms with Crippen LogP contribution in [-0.2, 0) is 9.53 Å². The molecule has 0 radical (unpaired) electrons. The SMILES string of the molecule is COCCCNC(=O)COc1c(F)cccc1C=O. The van der Waals surface area contributed by atoms with E-state index >= 15 is 0 Å². The summed E-state index contributed by atoms with van der Waals surface area (Å²) in [6.45, 7) is 0.659. The third-order valence-corrected chi connectivity index (χ3v) is 2.32. The highest BCUT2D eigenvalue weighted by Gasteiger charge is 2.11. The monoisotopic (exact) mass is 269 g/mol. The number of benzene rings is 1. The van der Waals surface area contributed by atoms with Gasteiger partial charge in [0, 0.05) is 20.3 Å². The van der Waals surface area contributed by atoms with Gasteiger partial charge in [-0.3, -0.25) is 9.59 Å². The number of carbonyl (C=O) groups excluding carboxylic acids is 2. The first-order valence-electron chi connectivity index (χ1n) is 5.81. The molecule has 0 aliphatic rings. The Kier molecular flexibility index (Phi) is 6.52. The van der Waals surface area contributed by atoms with Crippen LogP contribution in [0.3, 0.4) is 0 Å². The highest BCUT2D eigenvalue weighted by molar-refractivity contribution is 5.80. The average Bonchev–Trinajstić information content (AvgIpc) is 2.42. The molecule has 0 fully saturated rings. The van der Waals surface area contributed by atoms with Gasteiger partial charge in [0.1, 0.15) is 0 Å². The molecule has 0 aromatic heterocycles. The second-order valence-electron chi connectivity index (χ2n) is 3.76. The minimum absolute atomic E-state index is 0.0761. The van der Waals surface area contributed by atoms with E-state index in [1.807, 2.05) is 0 Å². The number of methoxy groups -OCH3 is 1. The molecular weight excluding hydrogens is 253 g/mol. The van der Waals surface area contributed by atoms with Crippen LogP contribution in [0.15, 0.2) is 18.2 Å². The molecule has 1 rings (SSSR count). The molecule has 0 spiro atoms. The Balaban J connectivity index is 2.44. The van der Waals surface area contributed by atoms with Gasteiger partial charge in [0.15, 0.2) is 24.5 Å². The fraction of sp³-hybridized carbons (Fsp3) is 0.385. The number of halogens is 1. The summed E-state index contributed by atoms with van der Waals surface area (Å²) in [7, 11) is 1.57. The van der Waals surface area contributed by atoms with Crippen molar-refractivity contribution in [2.75, 3.05) is 26.9 Å². The summed E-state index contributed by atoms with van der Waals surface area (Å²) < 4.78 is 23.3. The summed E-state index contributed by atoms with van der Waals surface area (Å²) in [6, 6.07) is 3.98. The normalized spacial score (nSPS) is 10.0. The molecule has 0 aliphatic carbocycles. The van der Waals surface area contributed by atoms with Crippen molar-refractivity contribution >= 4 is 12.2 Å². The first kappa shape index (κ1) is 15.1. The zero-order valence-corrected chi connectivity index (χ0v) is 10.6. The summed E-state index contributed by atoms with van der Waals surface area (Å²) >= 11 is 0. The van der Waals surface area contributed by atoms with E-state index in [0.717, 1.165) is 0 Å². The molecule has 0 aliphatic heterocycles. The fourth-order valence-electron chi connectivity index (χ4n) is 1.40. The van der Waals surface area contributed by atoms with Gasteiger partial charge in [0.05, 0.1) is 5.56 Å². The average molecular weight is 269 g/mol. The molecule has 1 aromatic rings. The van der Waals surface area contributed by atoms with Crippen LogP contribution in [0.25, 0.3) is 0 Å². The standard InChI is InChI=1S/C13H16FNO4/c1-18-7-3-6-15-12(17)9-19-13-10(8-16)4-2-5-11(13)14/h2,4-5,8H,3,6-7,9H2,1H3,(H,15,17). The van der Waals surface area contributed by atoms with Crippen molar-refractivity contribution in [1.82, 2.24) is 5.32 Å². The Hall–Kier alpha value is -1.95. The molecule has 5 nitrogen and oxygen atoms in total. The van der Waals surface area contributed by atoms with Crippen LogP contribution in [0, 0.1) is 5.82 Å². The van der Waals surface area contributed by atoms with E-state index in [2.05, 4.69) is 5.32 Å². The van der Waals surface area contributed by atoms with Crippen molar-refractivity contribution in [1.29, 1.82) is 0 Å². The van der Waals surface area contributed by atoms with Crippen LogP contribution in [0.1, 0.15) is 16.8 Å². The predicted octanol–water partition coefficient (Wildman–Crippen LogP) is 1.17. The minimum atomic E-state index is -0.670. The smallest absolute Gasteiger partial charge is 0.257 e. The number of aldehydes is 1. The molecule has 1 amide bonds. The lowest BCUT2D eigenvalue weighted by Gasteiger charge is -2.09. The van der Waals surface area contributed by atoms with Crippen molar-refractivity contribution in [2.45, 2.75) is 6.42 Å². The van der Waals surface area contributed by atoms with Crippen LogP contribution < -0.4 is 10.1 Å². The molecule has 0 bridgehead atoms. The number of nitrogens with one attached hydrogen (secondary N) is 1. The third-order valence-electron chi connectivity index (χ3n) is 2.32. The van der Waals surface area contributed by atoms with E-state index in [1.165, 1.54) is 18.2 Å². The van der Waals surface area contributed by atoms with E-state index in [9.17, 15) is 14.0 Å². The molecule has 0 heterocycles. The molecule has 1 aromatic carbocycles. The number of hydrogen-bond donors (Lipinski definition) is 1. The number of hydrogen-bond acceptors (Lipinski definition) is 4. The molecule has 0 saturated heterocycles. The predicted molar refractivity (Wildman–Crippen MR) is 66.8 cm³/mol.